The first-order valence-corrected chi connectivity index (χ1v) is 5.39. The van der Waals surface area contributed by atoms with E-state index >= 15 is 0 Å². The van der Waals surface area contributed by atoms with E-state index in [1.165, 1.54) is 18.3 Å². The summed E-state index contributed by atoms with van der Waals surface area (Å²) in [6.45, 7) is 0. The Labute approximate surface area is 112 Å². The van der Waals surface area contributed by atoms with E-state index in [1.807, 2.05) is 0 Å². The van der Waals surface area contributed by atoms with Crippen LogP contribution >= 0.6 is 0 Å². The lowest BCUT2D eigenvalue weighted by Crippen LogP contribution is -2.12. The van der Waals surface area contributed by atoms with Crippen LogP contribution in [-0.2, 0) is 0 Å². The first kappa shape index (κ1) is 13.4. The molecule has 1 aromatic carbocycles. The van der Waals surface area contributed by atoms with Gasteiger partial charge in [-0.2, -0.15) is 0 Å². The second-order valence-corrected chi connectivity index (χ2v) is 3.76. The van der Waals surface area contributed by atoms with E-state index in [2.05, 4.69) is 4.98 Å². The Balaban J connectivity index is 2.31. The third-order valence-corrected chi connectivity index (χ3v) is 2.36. The summed E-state index contributed by atoms with van der Waals surface area (Å²) in [5, 5.41) is 18.0. The molecular formula is C12H9FN4O3. The normalized spacial score (nSPS) is 10.1. The van der Waals surface area contributed by atoms with Crippen molar-refractivity contribution in [2.45, 2.75) is 0 Å². The Morgan fingerprint density at radius 3 is 2.70 bits per heavy atom. The molecule has 0 unspecified atom stereocenters. The quantitative estimate of drug-likeness (QED) is 0.384. The van der Waals surface area contributed by atoms with Gasteiger partial charge in [-0.05, 0) is 18.2 Å². The third-order valence-electron chi connectivity index (χ3n) is 2.36. The standard InChI is InChI=1S/C12H9FN4O3/c13-7-1-4-10(17(18)19)11(5-7)20-8-2-3-9(12(14)15)16-6-8/h1-6H,(H3,14,15). The molecule has 102 valence electrons. The summed E-state index contributed by atoms with van der Waals surface area (Å²) < 4.78 is 18.4. The van der Waals surface area contributed by atoms with Crippen LogP contribution in [0.4, 0.5) is 10.1 Å². The molecular weight excluding hydrogens is 267 g/mol. The van der Waals surface area contributed by atoms with Gasteiger partial charge in [0.2, 0.25) is 5.75 Å². The first-order chi connectivity index (χ1) is 9.47. The smallest absolute Gasteiger partial charge is 0.311 e. The van der Waals surface area contributed by atoms with Crippen LogP contribution in [0, 0.1) is 21.3 Å². The van der Waals surface area contributed by atoms with E-state index in [1.54, 1.807) is 0 Å². The number of hydrogen-bond acceptors (Lipinski definition) is 5. The van der Waals surface area contributed by atoms with Gasteiger partial charge >= 0.3 is 5.69 Å². The molecule has 0 spiro atoms. The maximum absolute atomic E-state index is 13.1. The lowest BCUT2D eigenvalue weighted by atomic mass is 10.3. The molecule has 0 radical (unpaired) electrons. The number of pyridine rings is 1. The minimum atomic E-state index is -0.674. The van der Waals surface area contributed by atoms with Crippen molar-refractivity contribution in [1.82, 2.24) is 4.98 Å². The fourth-order valence-electron chi connectivity index (χ4n) is 1.45. The number of nitrogens with two attached hydrogens (primary N) is 1. The minimum Gasteiger partial charge on any atom is -0.448 e. The number of nitrogens with zero attached hydrogens (tertiary/aromatic N) is 2. The molecule has 2 aromatic rings. The Morgan fingerprint density at radius 1 is 1.40 bits per heavy atom. The zero-order valence-corrected chi connectivity index (χ0v) is 10.0. The molecule has 20 heavy (non-hydrogen) atoms. The summed E-state index contributed by atoms with van der Waals surface area (Å²) in [4.78, 5) is 14.0. The number of nitrogens with one attached hydrogen (secondary N) is 1. The van der Waals surface area contributed by atoms with Gasteiger partial charge in [-0.25, -0.2) is 9.37 Å². The molecule has 1 heterocycles. The van der Waals surface area contributed by atoms with Crippen LogP contribution in [0.25, 0.3) is 0 Å². The number of halogens is 1. The number of hydrogen-bond donors (Lipinski definition) is 2. The van der Waals surface area contributed by atoms with Gasteiger partial charge in [-0.3, -0.25) is 15.5 Å². The van der Waals surface area contributed by atoms with E-state index in [0.717, 1.165) is 18.2 Å². The average Bonchev–Trinajstić information content (AvgIpc) is 2.39. The zero-order valence-electron chi connectivity index (χ0n) is 10.0. The van der Waals surface area contributed by atoms with Crippen LogP contribution in [0.15, 0.2) is 36.5 Å². The van der Waals surface area contributed by atoms with Gasteiger partial charge < -0.3 is 10.5 Å². The summed E-state index contributed by atoms with van der Waals surface area (Å²) in [6.07, 6.45) is 1.24. The van der Waals surface area contributed by atoms with Crippen LogP contribution < -0.4 is 10.5 Å². The molecule has 0 aliphatic carbocycles. The highest BCUT2D eigenvalue weighted by Crippen LogP contribution is 2.31. The molecule has 0 saturated heterocycles. The molecule has 0 aliphatic rings. The first-order valence-electron chi connectivity index (χ1n) is 5.39. The predicted octanol–water partition coefficient (Wildman–Crippen LogP) is 2.21. The van der Waals surface area contributed by atoms with Crippen molar-refractivity contribution in [3.8, 4) is 11.5 Å². The fraction of sp³-hybridized carbons (Fsp3) is 0. The van der Waals surface area contributed by atoms with Gasteiger partial charge in [0.05, 0.1) is 11.1 Å². The summed E-state index contributed by atoms with van der Waals surface area (Å²) in [7, 11) is 0. The maximum atomic E-state index is 13.1. The van der Waals surface area contributed by atoms with Gasteiger partial charge in [0.15, 0.2) is 0 Å². The fourth-order valence-corrected chi connectivity index (χ4v) is 1.45. The molecule has 0 aliphatic heterocycles. The summed E-state index contributed by atoms with van der Waals surface area (Å²) >= 11 is 0. The number of rotatable bonds is 4. The largest absolute Gasteiger partial charge is 0.448 e. The lowest BCUT2D eigenvalue weighted by molar-refractivity contribution is -0.385. The van der Waals surface area contributed by atoms with Gasteiger partial charge in [0.25, 0.3) is 0 Å². The summed E-state index contributed by atoms with van der Waals surface area (Å²) in [5.74, 6) is -0.928. The van der Waals surface area contributed by atoms with Crippen molar-refractivity contribution < 1.29 is 14.1 Å². The second kappa shape index (κ2) is 5.31. The number of aromatic nitrogens is 1. The summed E-state index contributed by atoms with van der Waals surface area (Å²) in [5.41, 5.74) is 5.12. The average molecular weight is 276 g/mol. The van der Waals surface area contributed by atoms with E-state index in [-0.39, 0.29) is 28.7 Å². The highest BCUT2D eigenvalue weighted by atomic mass is 19.1. The Morgan fingerprint density at radius 2 is 2.15 bits per heavy atom. The number of ether oxygens (including phenoxy) is 1. The number of nitrogen functional groups attached to an aromatic ring is 1. The molecule has 1 aromatic heterocycles. The number of nitro benzene ring substituents is 1. The van der Waals surface area contributed by atoms with Gasteiger partial charge in [-0.1, -0.05) is 0 Å². The van der Waals surface area contributed by atoms with Gasteiger partial charge in [-0.15, -0.1) is 0 Å². The van der Waals surface area contributed by atoms with Crippen molar-refractivity contribution in [2.24, 2.45) is 5.73 Å². The van der Waals surface area contributed by atoms with Gasteiger partial charge in [0.1, 0.15) is 23.1 Å². The van der Waals surface area contributed by atoms with Crippen molar-refractivity contribution in [1.29, 1.82) is 5.41 Å². The van der Waals surface area contributed by atoms with Crippen LogP contribution in [0.3, 0.4) is 0 Å². The zero-order chi connectivity index (χ0) is 14.7. The van der Waals surface area contributed by atoms with Crippen LogP contribution in [0.5, 0.6) is 11.5 Å². The molecule has 0 amide bonds. The SMILES string of the molecule is N=C(N)c1ccc(Oc2cc(F)ccc2[N+](=O)[O-])cn1. The van der Waals surface area contributed by atoms with Crippen LogP contribution in [0.2, 0.25) is 0 Å². The Kier molecular flexibility index (Phi) is 3.56. The van der Waals surface area contributed by atoms with Crippen LogP contribution in [-0.4, -0.2) is 15.7 Å². The molecule has 0 saturated carbocycles. The van der Waals surface area contributed by atoms with E-state index in [0.29, 0.717) is 0 Å². The molecule has 0 atom stereocenters. The van der Waals surface area contributed by atoms with Crippen molar-refractivity contribution >= 4 is 11.5 Å². The molecule has 2 rings (SSSR count). The van der Waals surface area contributed by atoms with Crippen molar-refractivity contribution in [3.05, 3.63) is 58.2 Å². The van der Waals surface area contributed by atoms with E-state index < -0.39 is 10.7 Å². The van der Waals surface area contributed by atoms with Crippen molar-refractivity contribution in [2.75, 3.05) is 0 Å². The lowest BCUT2D eigenvalue weighted by Gasteiger charge is -2.06. The highest BCUT2D eigenvalue weighted by Gasteiger charge is 2.16. The predicted molar refractivity (Wildman–Crippen MR) is 68.4 cm³/mol. The minimum absolute atomic E-state index is 0.170. The number of benzene rings is 1. The van der Waals surface area contributed by atoms with Crippen molar-refractivity contribution in [3.63, 3.8) is 0 Å². The Bertz CT molecular complexity index is 673. The highest BCUT2D eigenvalue weighted by molar-refractivity contribution is 5.92. The monoisotopic (exact) mass is 276 g/mol. The van der Waals surface area contributed by atoms with Gasteiger partial charge in [0, 0.05) is 12.1 Å². The van der Waals surface area contributed by atoms with Crippen LogP contribution in [0.1, 0.15) is 5.69 Å². The van der Waals surface area contributed by atoms with E-state index in [4.69, 9.17) is 15.9 Å². The summed E-state index contributed by atoms with van der Waals surface area (Å²) in [6, 6.07) is 5.75. The molecule has 0 bridgehead atoms. The van der Waals surface area contributed by atoms with E-state index in [9.17, 15) is 14.5 Å². The third kappa shape index (κ3) is 2.86. The molecule has 8 heteroatoms. The molecule has 3 N–H and O–H groups in total. The Hall–Kier alpha value is -3.03. The molecule has 7 nitrogen and oxygen atoms in total. The maximum Gasteiger partial charge on any atom is 0.311 e. The number of nitro groups is 1. The second-order valence-electron chi connectivity index (χ2n) is 3.76. The molecule has 0 fully saturated rings. The number of amidine groups is 1. The topological polar surface area (TPSA) is 115 Å².